The fourth-order valence-corrected chi connectivity index (χ4v) is 5.96. The van der Waals surface area contributed by atoms with E-state index in [1.807, 2.05) is 44.4 Å². The van der Waals surface area contributed by atoms with Crippen LogP contribution in [0.5, 0.6) is 0 Å². The Bertz CT molecular complexity index is 1530. The molecule has 0 bridgehead atoms. The molecular formula is C35H41N5S. The predicted octanol–water partition coefficient (Wildman–Crippen LogP) is 8.14. The van der Waals surface area contributed by atoms with Crippen molar-refractivity contribution < 1.29 is 0 Å². The van der Waals surface area contributed by atoms with Gasteiger partial charge in [0.05, 0.1) is 11.4 Å². The highest BCUT2D eigenvalue weighted by molar-refractivity contribution is 7.16. The molecule has 6 heteroatoms. The Balaban J connectivity index is 1.41. The first-order chi connectivity index (χ1) is 19.6. The number of anilines is 1. The summed E-state index contributed by atoms with van der Waals surface area (Å²) in [6, 6.07) is 12.6. The van der Waals surface area contributed by atoms with Crippen molar-refractivity contribution in [2.24, 2.45) is 11.7 Å². The third-order valence-electron chi connectivity index (χ3n) is 7.61. The zero-order valence-corrected chi connectivity index (χ0v) is 25.3. The third kappa shape index (κ3) is 7.60. The van der Waals surface area contributed by atoms with Crippen LogP contribution < -0.4 is 16.4 Å². The van der Waals surface area contributed by atoms with Crippen molar-refractivity contribution in [3.05, 3.63) is 119 Å². The molecule has 3 heterocycles. The Hall–Kier alpha value is -4.00. The second-order valence-corrected chi connectivity index (χ2v) is 11.9. The summed E-state index contributed by atoms with van der Waals surface area (Å²) < 4.78 is 0. The normalized spacial score (nSPS) is 14.5. The lowest BCUT2D eigenvalue weighted by molar-refractivity contribution is 0.372. The minimum Gasteiger partial charge on any atom is -0.398 e. The summed E-state index contributed by atoms with van der Waals surface area (Å²) in [5.41, 5.74) is 15.4. The van der Waals surface area contributed by atoms with Gasteiger partial charge in [-0.15, -0.1) is 11.3 Å². The van der Waals surface area contributed by atoms with Gasteiger partial charge >= 0.3 is 0 Å². The molecule has 5 N–H and O–H groups in total. The average molecular weight is 564 g/mol. The van der Waals surface area contributed by atoms with Gasteiger partial charge in [0.1, 0.15) is 0 Å². The lowest BCUT2D eigenvalue weighted by atomic mass is 9.91. The number of rotatable bonds is 11. The molecule has 1 fully saturated rings. The summed E-state index contributed by atoms with van der Waals surface area (Å²) in [5.74, 6) is 0.709. The molecule has 0 amide bonds. The number of nitrogens with one attached hydrogen (secondary N) is 3. The molecule has 1 aromatic carbocycles. The van der Waals surface area contributed by atoms with Crippen molar-refractivity contribution in [3.63, 3.8) is 0 Å². The fraction of sp³-hybridized carbons (Fsp3) is 0.257. The first kappa shape index (κ1) is 30.0. The van der Waals surface area contributed by atoms with Gasteiger partial charge in [-0.3, -0.25) is 10.4 Å². The van der Waals surface area contributed by atoms with Crippen LogP contribution in [0.2, 0.25) is 0 Å². The second-order valence-electron chi connectivity index (χ2n) is 10.8. The number of aromatic nitrogens is 1. The van der Waals surface area contributed by atoms with E-state index in [1.54, 1.807) is 17.4 Å². The molecule has 1 saturated heterocycles. The molecular weight excluding hydrogens is 522 g/mol. The van der Waals surface area contributed by atoms with Crippen molar-refractivity contribution in [1.29, 1.82) is 5.41 Å². The van der Waals surface area contributed by atoms with E-state index in [1.165, 1.54) is 28.2 Å². The molecule has 0 saturated carbocycles. The Labute approximate surface area is 248 Å². The summed E-state index contributed by atoms with van der Waals surface area (Å²) in [6.07, 6.45) is 11.1. The highest BCUT2D eigenvalue weighted by Crippen LogP contribution is 2.36. The van der Waals surface area contributed by atoms with Gasteiger partial charge in [0.25, 0.3) is 0 Å². The number of piperidine rings is 1. The maximum Gasteiger partial charge on any atom is 0.0855 e. The summed E-state index contributed by atoms with van der Waals surface area (Å²) in [7, 11) is 0. The van der Waals surface area contributed by atoms with Gasteiger partial charge in [-0.05, 0) is 123 Å². The molecule has 2 aromatic heterocycles. The molecule has 0 unspecified atom stereocenters. The van der Waals surface area contributed by atoms with E-state index in [9.17, 15) is 0 Å². The number of allylic oxidation sites excluding steroid dienone is 6. The van der Waals surface area contributed by atoms with Crippen molar-refractivity contribution >= 4 is 33.9 Å². The van der Waals surface area contributed by atoms with Gasteiger partial charge < -0.3 is 16.4 Å². The van der Waals surface area contributed by atoms with Gasteiger partial charge in [-0.1, -0.05) is 37.9 Å². The highest BCUT2D eigenvalue weighted by Gasteiger charge is 2.15. The number of thiophene rings is 1. The van der Waals surface area contributed by atoms with Crippen LogP contribution in [0.3, 0.4) is 0 Å². The molecule has 0 atom stereocenters. The maximum absolute atomic E-state index is 8.69. The smallest absolute Gasteiger partial charge is 0.0855 e. The van der Waals surface area contributed by atoms with Crippen molar-refractivity contribution in [1.82, 2.24) is 10.3 Å². The standard InChI is InChI=1S/C35H41N5S/c1-22(2)33-12-13-34(41-33)30-8-7-9-32(24(30)4)40-26(6)35(37)25(5)31(36)11-10-23(3)29-19-28(20-39-21-29)18-27-14-16-38-17-15-27/h7-13,19-21,27,37-38,40H,1,5-6,14-18,36H2,2-4H3/b23-10+,31-11+,37-35?. The molecule has 1 aliphatic heterocycles. The topological polar surface area (TPSA) is 86.8 Å². The first-order valence-electron chi connectivity index (χ1n) is 14.0. The minimum atomic E-state index is 0.168. The number of pyridine rings is 1. The molecule has 4 rings (SSSR count). The quantitative estimate of drug-likeness (QED) is 0.140. The Morgan fingerprint density at radius 3 is 2.59 bits per heavy atom. The van der Waals surface area contributed by atoms with Crippen LogP contribution in [0.4, 0.5) is 5.69 Å². The van der Waals surface area contributed by atoms with E-state index in [2.05, 4.69) is 66.5 Å². The zero-order valence-electron chi connectivity index (χ0n) is 24.4. The molecule has 5 nitrogen and oxygen atoms in total. The highest BCUT2D eigenvalue weighted by atomic mass is 32.1. The Kier molecular flexibility index (Phi) is 9.92. The first-order valence-corrected chi connectivity index (χ1v) is 14.8. The Morgan fingerprint density at radius 2 is 1.88 bits per heavy atom. The predicted molar refractivity (Wildman–Crippen MR) is 178 cm³/mol. The van der Waals surface area contributed by atoms with Gasteiger partial charge in [-0.25, -0.2) is 0 Å². The zero-order chi connectivity index (χ0) is 29.5. The van der Waals surface area contributed by atoms with Crippen molar-refractivity contribution in [2.75, 3.05) is 18.4 Å². The maximum atomic E-state index is 8.69. The van der Waals surface area contributed by atoms with Gasteiger partial charge in [0.15, 0.2) is 0 Å². The summed E-state index contributed by atoms with van der Waals surface area (Å²) in [4.78, 5) is 6.83. The van der Waals surface area contributed by atoms with Crippen molar-refractivity contribution in [2.45, 2.75) is 40.0 Å². The van der Waals surface area contributed by atoms with Crippen LogP contribution in [0.15, 0.2) is 97.6 Å². The number of nitrogens with two attached hydrogens (primary N) is 1. The molecule has 1 aliphatic rings. The average Bonchev–Trinajstić information content (AvgIpc) is 3.47. The number of hydrogen-bond acceptors (Lipinski definition) is 6. The lowest BCUT2D eigenvalue weighted by Gasteiger charge is -2.22. The molecule has 0 spiro atoms. The van der Waals surface area contributed by atoms with Gasteiger partial charge in [0.2, 0.25) is 0 Å². The number of benzene rings is 1. The largest absolute Gasteiger partial charge is 0.398 e. The summed E-state index contributed by atoms with van der Waals surface area (Å²) in [6.45, 7) is 20.6. The van der Waals surface area contributed by atoms with E-state index in [-0.39, 0.29) is 5.71 Å². The van der Waals surface area contributed by atoms with E-state index < -0.39 is 0 Å². The molecule has 0 radical (unpaired) electrons. The monoisotopic (exact) mass is 563 g/mol. The van der Waals surface area contributed by atoms with Crippen LogP contribution in [0.25, 0.3) is 21.6 Å². The fourth-order valence-electron chi connectivity index (χ4n) is 4.95. The van der Waals surface area contributed by atoms with Crippen LogP contribution in [0, 0.1) is 18.3 Å². The summed E-state index contributed by atoms with van der Waals surface area (Å²) >= 11 is 1.72. The third-order valence-corrected chi connectivity index (χ3v) is 8.89. The van der Waals surface area contributed by atoms with E-state index >= 15 is 0 Å². The van der Waals surface area contributed by atoms with Crippen LogP contribution in [-0.2, 0) is 6.42 Å². The minimum absolute atomic E-state index is 0.168. The molecule has 212 valence electrons. The van der Waals surface area contributed by atoms with E-state index in [4.69, 9.17) is 11.1 Å². The Morgan fingerprint density at radius 1 is 1.12 bits per heavy atom. The summed E-state index contributed by atoms with van der Waals surface area (Å²) in [5, 5.41) is 15.4. The lowest BCUT2D eigenvalue weighted by Crippen LogP contribution is -2.28. The second kappa shape index (κ2) is 13.6. The number of hydrogen-bond donors (Lipinski definition) is 4. The van der Waals surface area contributed by atoms with Crippen LogP contribution >= 0.6 is 11.3 Å². The molecule has 3 aromatic rings. The molecule has 0 aliphatic carbocycles. The number of nitrogens with zero attached hydrogens (tertiary/aromatic N) is 1. The molecule has 41 heavy (non-hydrogen) atoms. The van der Waals surface area contributed by atoms with Crippen LogP contribution in [-0.4, -0.2) is 23.8 Å². The van der Waals surface area contributed by atoms with Gasteiger partial charge in [0, 0.05) is 39.1 Å². The van der Waals surface area contributed by atoms with Gasteiger partial charge in [-0.2, -0.15) is 0 Å². The van der Waals surface area contributed by atoms with E-state index in [0.717, 1.165) is 53.0 Å². The van der Waals surface area contributed by atoms with Crippen LogP contribution in [0.1, 0.15) is 48.3 Å². The SMILES string of the molecule is C=C(Nc1cccc(-c2ccc(C(=C)C)s2)c1C)C(=N)C(=C)/C(N)=C\C=C(/C)c1cncc(CC2CCNCC2)c1. The van der Waals surface area contributed by atoms with Crippen molar-refractivity contribution in [3.8, 4) is 10.4 Å². The van der Waals surface area contributed by atoms with E-state index in [0.29, 0.717) is 22.9 Å².